The van der Waals surface area contributed by atoms with Crippen LogP contribution in [0, 0.1) is 0 Å². The summed E-state index contributed by atoms with van der Waals surface area (Å²) in [7, 11) is 3.47. The van der Waals surface area contributed by atoms with Crippen molar-refractivity contribution in [1.82, 2.24) is 10.2 Å². The van der Waals surface area contributed by atoms with Gasteiger partial charge in [0.2, 0.25) is 5.91 Å². The summed E-state index contributed by atoms with van der Waals surface area (Å²) in [6.45, 7) is 0.897. The van der Waals surface area contributed by atoms with Gasteiger partial charge in [-0.2, -0.15) is 0 Å². The Morgan fingerprint density at radius 3 is 2.85 bits per heavy atom. The quantitative estimate of drug-likeness (QED) is 0.761. The van der Waals surface area contributed by atoms with Crippen molar-refractivity contribution in [2.75, 3.05) is 20.7 Å². The van der Waals surface area contributed by atoms with Gasteiger partial charge in [0.1, 0.15) is 12.0 Å². The van der Waals surface area contributed by atoms with Gasteiger partial charge < -0.3 is 10.1 Å². The molecule has 1 N–H and O–H groups in total. The molecule has 0 aliphatic heterocycles. The van der Waals surface area contributed by atoms with Crippen molar-refractivity contribution < 1.29 is 14.3 Å². The maximum Gasteiger partial charge on any atom is 0.234 e. The van der Waals surface area contributed by atoms with Gasteiger partial charge in [-0.25, -0.2) is 0 Å². The zero-order valence-electron chi connectivity index (χ0n) is 11.9. The fraction of sp³-hybridized carbons (Fsp3) is 0.467. The van der Waals surface area contributed by atoms with Gasteiger partial charge in [-0.15, -0.1) is 0 Å². The molecule has 1 aromatic carbocycles. The van der Waals surface area contributed by atoms with Crippen molar-refractivity contribution >= 4 is 12.2 Å². The molecule has 20 heavy (non-hydrogen) atoms. The fourth-order valence-electron chi connectivity index (χ4n) is 2.09. The maximum absolute atomic E-state index is 11.7. The van der Waals surface area contributed by atoms with E-state index < -0.39 is 0 Å². The first-order valence-corrected chi connectivity index (χ1v) is 6.72. The molecule has 0 unspecified atom stereocenters. The summed E-state index contributed by atoms with van der Waals surface area (Å²) in [5, 5.41) is 2.95. The predicted molar refractivity (Wildman–Crippen MR) is 75.9 cm³/mol. The topological polar surface area (TPSA) is 58.6 Å². The molecule has 1 saturated carbocycles. The molecule has 108 valence electrons. The Morgan fingerprint density at radius 2 is 2.25 bits per heavy atom. The van der Waals surface area contributed by atoms with E-state index in [0.717, 1.165) is 30.4 Å². The first-order valence-electron chi connectivity index (χ1n) is 6.72. The van der Waals surface area contributed by atoms with Crippen molar-refractivity contribution in [2.24, 2.45) is 0 Å². The van der Waals surface area contributed by atoms with Crippen molar-refractivity contribution in [3.8, 4) is 5.75 Å². The zero-order valence-corrected chi connectivity index (χ0v) is 11.9. The van der Waals surface area contributed by atoms with Crippen LogP contribution >= 0.6 is 0 Å². The number of hydrogen-bond acceptors (Lipinski definition) is 4. The van der Waals surface area contributed by atoms with Gasteiger partial charge in [0.15, 0.2) is 0 Å². The number of amides is 1. The molecule has 1 amide bonds. The number of hydrogen-bond donors (Lipinski definition) is 1. The molecule has 5 heteroatoms. The number of benzene rings is 1. The summed E-state index contributed by atoms with van der Waals surface area (Å²) in [5.74, 6) is 0.769. The van der Waals surface area contributed by atoms with Gasteiger partial charge in [-0.05, 0) is 38.1 Å². The van der Waals surface area contributed by atoms with Gasteiger partial charge in [0, 0.05) is 23.7 Å². The Labute approximate surface area is 118 Å². The highest BCUT2D eigenvalue weighted by Crippen LogP contribution is 2.21. The van der Waals surface area contributed by atoms with Gasteiger partial charge in [0.25, 0.3) is 0 Å². The Bertz CT molecular complexity index is 498. The number of methoxy groups -OCH3 is 1. The fourth-order valence-corrected chi connectivity index (χ4v) is 2.09. The number of carbonyl (C=O) groups excluding carboxylic acids is 2. The van der Waals surface area contributed by atoms with Gasteiger partial charge in [-0.3, -0.25) is 14.5 Å². The normalized spacial score (nSPS) is 14.2. The van der Waals surface area contributed by atoms with Crippen LogP contribution in [0.1, 0.15) is 28.8 Å². The lowest BCUT2D eigenvalue weighted by Crippen LogP contribution is -2.36. The molecule has 1 aliphatic carbocycles. The number of rotatable bonds is 7. The third-order valence-electron chi connectivity index (χ3n) is 3.24. The number of ether oxygens (including phenoxy) is 1. The predicted octanol–water partition coefficient (Wildman–Crippen LogP) is 1.22. The highest BCUT2D eigenvalue weighted by Gasteiger charge is 2.23. The second-order valence-corrected chi connectivity index (χ2v) is 5.20. The SMILES string of the molecule is COc1ccc(C=O)cc1CN(C)CC(=O)NC1CC1. The molecule has 0 radical (unpaired) electrons. The smallest absolute Gasteiger partial charge is 0.234 e. The van der Waals surface area contributed by atoms with Crippen LogP contribution in [0.5, 0.6) is 5.75 Å². The minimum atomic E-state index is 0.0421. The first kappa shape index (κ1) is 14.5. The number of nitrogens with one attached hydrogen (secondary N) is 1. The van der Waals surface area contributed by atoms with Crippen LogP contribution < -0.4 is 10.1 Å². The number of aldehydes is 1. The van der Waals surface area contributed by atoms with E-state index in [9.17, 15) is 9.59 Å². The molecule has 5 nitrogen and oxygen atoms in total. The van der Waals surface area contributed by atoms with Crippen molar-refractivity contribution in [2.45, 2.75) is 25.4 Å². The minimum absolute atomic E-state index is 0.0421. The van der Waals surface area contributed by atoms with E-state index in [2.05, 4.69) is 5.32 Å². The lowest BCUT2D eigenvalue weighted by molar-refractivity contribution is -0.122. The Morgan fingerprint density at radius 1 is 1.50 bits per heavy atom. The first-order chi connectivity index (χ1) is 9.62. The molecule has 0 atom stereocenters. The maximum atomic E-state index is 11.7. The van der Waals surface area contributed by atoms with Crippen LogP contribution in [0.4, 0.5) is 0 Å². The van der Waals surface area contributed by atoms with E-state index in [1.54, 1.807) is 25.3 Å². The summed E-state index contributed by atoms with van der Waals surface area (Å²) in [4.78, 5) is 24.5. The third-order valence-corrected chi connectivity index (χ3v) is 3.24. The summed E-state index contributed by atoms with van der Waals surface area (Å²) < 4.78 is 5.28. The van der Waals surface area contributed by atoms with E-state index in [0.29, 0.717) is 24.7 Å². The number of nitrogens with zero attached hydrogens (tertiary/aromatic N) is 1. The molecule has 0 heterocycles. The minimum Gasteiger partial charge on any atom is -0.496 e. The largest absolute Gasteiger partial charge is 0.496 e. The van der Waals surface area contributed by atoms with Crippen LogP contribution in [0.3, 0.4) is 0 Å². The number of carbonyl (C=O) groups is 2. The van der Waals surface area contributed by atoms with Gasteiger partial charge in [0.05, 0.1) is 13.7 Å². The lowest BCUT2D eigenvalue weighted by atomic mass is 10.1. The van der Waals surface area contributed by atoms with Crippen molar-refractivity contribution in [3.63, 3.8) is 0 Å². The molecule has 1 aromatic rings. The zero-order chi connectivity index (χ0) is 14.5. The van der Waals surface area contributed by atoms with E-state index in [-0.39, 0.29) is 5.91 Å². The summed E-state index contributed by atoms with van der Waals surface area (Å²) in [5.41, 5.74) is 1.51. The standard InChI is InChI=1S/C15H20N2O3/c1-17(9-15(19)16-13-4-5-13)8-12-7-11(10-18)3-6-14(12)20-2/h3,6-7,10,13H,4-5,8-9H2,1-2H3,(H,16,19). The molecular weight excluding hydrogens is 256 g/mol. The second-order valence-electron chi connectivity index (χ2n) is 5.20. The summed E-state index contributed by atoms with van der Waals surface area (Å²) in [6.07, 6.45) is 2.98. The molecule has 2 rings (SSSR count). The summed E-state index contributed by atoms with van der Waals surface area (Å²) in [6, 6.07) is 5.66. The summed E-state index contributed by atoms with van der Waals surface area (Å²) >= 11 is 0. The van der Waals surface area contributed by atoms with Gasteiger partial charge in [-0.1, -0.05) is 0 Å². The molecular formula is C15H20N2O3. The average molecular weight is 276 g/mol. The van der Waals surface area contributed by atoms with Crippen LogP contribution in [0.25, 0.3) is 0 Å². The van der Waals surface area contributed by atoms with E-state index in [1.807, 2.05) is 11.9 Å². The Kier molecular flexibility index (Phi) is 4.74. The molecule has 0 spiro atoms. The van der Waals surface area contributed by atoms with Crippen LogP contribution in [0.2, 0.25) is 0 Å². The van der Waals surface area contributed by atoms with Crippen LogP contribution in [-0.2, 0) is 11.3 Å². The molecule has 1 aliphatic rings. The van der Waals surface area contributed by atoms with Crippen LogP contribution in [0.15, 0.2) is 18.2 Å². The van der Waals surface area contributed by atoms with E-state index in [4.69, 9.17) is 4.74 Å². The Balaban J connectivity index is 1.96. The highest BCUT2D eigenvalue weighted by atomic mass is 16.5. The van der Waals surface area contributed by atoms with Crippen molar-refractivity contribution in [3.05, 3.63) is 29.3 Å². The second kappa shape index (κ2) is 6.52. The van der Waals surface area contributed by atoms with Crippen molar-refractivity contribution in [1.29, 1.82) is 0 Å². The Hall–Kier alpha value is -1.88. The highest BCUT2D eigenvalue weighted by molar-refractivity contribution is 5.78. The lowest BCUT2D eigenvalue weighted by Gasteiger charge is -2.18. The molecule has 0 saturated heterocycles. The molecule has 0 aromatic heterocycles. The average Bonchev–Trinajstić information content (AvgIpc) is 3.22. The third kappa shape index (κ3) is 4.06. The van der Waals surface area contributed by atoms with Crippen LogP contribution in [-0.4, -0.2) is 43.8 Å². The van der Waals surface area contributed by atoms with E-state index in [1.165, 1.54) is 0 Å². The van der Waals surface area contributed by atoms with E-state index >= 15 is 0 Å². The monoisotopic (exact) mass is 276 g/mol. The van der Waals surface area contributed by atoms with Gasteiger partial charge >= 0.3 is 0 Å². The molecule has 1 fully saturated rings. The molecule has 0 bridgehead atoms. The number of likely N-dealkylation sites (N-methyl/N-ethyl adjacent to an activating group) is 1.